The SMILES string of the molecule is COCCCN(C(=O)CSc1nnc(-c2cccc(Cl)c2)n1-c1cc(Cl)ccc1OC)c1c(N)n(Cc2ccccc2)c(=O)[nH]c1=O. The zero-order valence-electron chi connectivity index (χ0n) is 25.5. The number of rotatable bonds is 13. The number of anilines is 2. The van der Waals surface area contributed by atoms with Crippen LogP contribution in [-0.2, 0) is 16.1 Å². The lowest BCUT2D eigenvalue weighted by molar-refractivity contribution is -0.116. The van der Waals surface area contributed by atoms with Crippen molar-refractivity contribution in [3.8, 4) is 22.8 Å². The average molecular weight is 697 g/mol. The standard InChI is InChI=1S/C32H31Cl2N7O5S/c1-45-15-7-14-39(27-28(35)40(31(44)36-30(27)43)18-20-8-4-3-5-9-20)26(42)19-47-32-38-37-29(21-10-6-11-22(33)16-21)41(32)24-17-23(34)12-13-25(24)46-2/h3-6,8-13,16-17H,7,14-15,18-19,35H2,1-2H3,(H,36,43,44). The Balaban J connectivity index is 1.53. The number of hydrogen-bond acceptors (Lipinski definition) is 9. The number of nitrogens with zero attached hydrogens (tertiary/aromatic N) is 5. The van der Waals surface area contributed by atoms with E-state index in [4.69, 9.17) is 38.4 Å². The molecule has 3 N–H and O–H groups in total. The Kier molecular flexibility index (Phi) is 11.0. The Morgan fingerprint density at radius 1 is 1.00 bits per heavy atom. The summed E-state index contributed by atoms with van der Waals surface area (Å²) in [5.74, 6) is 0.180. The van der Waals surface area contributed by atoms with Crippen LogP contribution in [0.15, 0.2) is 87.5 Å². The van der Waals surface area contributed by atoms with Crippen LogP contribution in [0, 0.1) is 0 Å². The van der Waals surface area contributed by atoms with Gasteiger partial charge in [-0.1, -0.05) is 77.4 Å². The molecule has 47 heavy (non-hydrogen) atoms. The van der Waals surface area contributed by atoms with Crippen molar-refractivity contribution >= 4 is 52.4 Å². The largest absolute Gasteiger partial charge is 0.495 e. The van der Waals surface area contributed by atoms with E-state index in [0.717, 1.165) is 17.3 Å². The van der Waals surface area contributed by atoms with E-state index in [2.05, 4.69) is 15.2 Å². The van der Waals surface area contributed by atoms with Gasteiger partial charge in [-0.3, -0.25) is 23.7 Å². The first-order chi connectivity index (χ1) is 22.7. The molecule has 244 valence electrons. The quantitative estimate of drug-likeness (QED) is 0.130. The number of aromatic amines is 1. The molecular formula is C32H31Cl2N7O5S. The van der Waals surface area contributed by atoms with Crippen LogP contribution in [0.1, 0.15) is 12.0 Å². The fraction of sp³-hybridized carbons (Fsp3) is 0.219. The summed E-state index contributed by atoms with van der Waals surface area (Å²) in [5.41, 5.74) is 6.88. The molecule has 15 heteroatoms. The highest BCUT2D eigenvalue weighted by molar-refractivity contribution is 7.99. The summed E-state index contributed by atoms with van der Waals surface area (Å²) in [4.78, 5) is 43.6. The summed E-state index contributed by atoms with van der Waals surface area (Å²) in [6, 6.07) is 21.4. The Bertz CT molecular complexity index is 2000. The van der Waals surface area contributed by atoms with Crippen molar-refractivity contribution in [2.24, 2.45) is 0 Å². The normalized spacial score (nSPS) is 11.1. The van der Waals surface area contributed by atoms with Crippen molar-refractivity contribution in [3.05, 3.63) is 109 Å². The van der Waals surface area contributed by atoms with E-state index in [9.17, 15) is 14.4 Å². The van der Waals surface area contributed by atoms with Gasteiger partial charge in [0.2, 0.25) is 5.91 Å². The van der Waals surface area contributed by atoms with Gasteiger partial charge < -0.3 is 20.1 Å². The number of carbonyl (C=O) groups excluding carboxylic acids is 1. The number of thioether (sulfide) groups is 1. The molecular weight excluding hydrogens is 665 g/mol. The van der Waals surface area contributed by atoms with Crippen molar-refractivity contribution < 1.29 is 14.3 Å². The third-order valence-electron chi connectivity index (χ3n) is 7.12. The van der Waals surface area contributed by atoms with E-state index in [-0.39, 0.29) is 30.3 Å². The maximum Gasteiger partial charge on any atom is 0.330 e. The third-order valence-corrected chi connectivity index (χ3v) is 8.51. The minimum absolute atomic E-state index is 0.0982. The molecule has 0 saturated carbocycles. The Morgan fingerprint density at radius 3 is 2.49 bits per heavy atom. The molecule has 0 fully saturated rings. The zero-order valence-corrected chi connectivity index (χ0v) is 27.8. The molecule has 0 radical (unpaired) electrons. The van der Waals surface area contributed by atoms with Gasteiger partial charge in [-0.25, -0.2) is 4.79 Å². The molecule has 0 unspecified atom stereocenters. The molecule has 5 aromatic rings. The van der Waals surface area contributed by atoms with Gasteiger partial charge in [0.05, 0.1) is 25.1 Å². The number of methoxy groups -OCH3 is 2. The second kappa shape index (κ2) is 15.4. The first kappa shape index (κ1) is 33.8. The Hall–Kier alpha value is -4.56. The molecule has 12 nitrogen and oxygen atoms in total. The summed E-state index contributed by atoms with van der Waals surface area (Å²) >= 11 is 13.8. The molecule has 2 aromatic heterocycles. The van der Waals surface area contributed by atoms with E-state index in [1.54, 1.807) is 41.0 Å². The first-order valence-corrected chi connectivity index (χ1v) is 16.1. The highest BCUT2D eigenvalue weighted by Crippen LogP contribution is 2.35. The van der Waals surface area contributed by atoms with Crippen LogP contribution >= 0.6 is 35.0 Å². The molecule has 0 saturated heterocycles. The van der Waals surface area contributed by atoms with Crippen LogP contribution in [0.2, 0.25) is 10.0 Å². The molecule has 0 bridgehead atoms. The number of nitrogen functional groups attached to an aromatic ring is 1. The van der Waals surface area contributed by atoms with Gasteiger partial charge in [0.25, 0.3) is 5.56 Å². The summed E-state index contributed by atoms with van der Waals surface area (Å²) in [5, 5.41) is 10.1. The minimum atomic E-state index is -0.775. The monoisotopic (exact) mass is 695 g/mol. The van der Waals surface area contributed by atoms with Gasteiger partial charge in [0.1, 0.15) is 11.6 Å². The number of nitrogens with two attached hydrogens (primary N) is 1. The van der Waals surface area contributed by atoms with Crippen molar-refractivity contribution in [2.45, 2.75) is 18.1 Å². The van der Waals surface area contributed by atoms with Crippen molar-refractivity contribution in [2.75, 3.05) is 43.8 Å². The number of H-pyrrole nitrogens is 1. The van der Waals surface area contributed by atoms with Gasteiger partial charge in [0, 0.05) is 35.9 Å². The van der Waals surface area contributed by atoms with Crippen molar-refractivity contribution in [1.82, 2.24) is 24.3 Å². The van der Waals surface area contributed by atoms with Crippen LogP contribution in [-0.4, -0.2) is 63.3 Å². The van der Waals surface area contributed by atoms with Gasteiger partial charge in [-0.05, 0) is 42.3 Å². The molecule has 2 heterocycles. The first-order valence-electron chi connectivity index (χ1n) is 14.4. The number of halogens is 2. The predicted octanol–water partition coefficient (Wildman–Crippen LogP) is 4.89. The van der Waals surface area contributed by atoms with Crippen LogP contribution in [0.25, 0.3) is 17.1 Å². The van der Waals surface area contributed by atoms with Crippen LogP contribution in [0.5, 0.6) is 5.75 Å². The van der Waals surface area contributed by atoms with E-state index in [0.29, 0.717) is 51.1 Å². The summed E-state index contributed by atoms with van der Waals surface area (Å²) in [6.07, 6.45) is 0.401. The molecule has 5 rings (SSSR count). The van der Waals surface area contributed by atoms with Gasteiger partial charge >= 0.3 is 5.69 Å². The van der Waals surface area contributed by atoms with E-state index < -0.39 is 17.2 Å². The smallest absolute Gasteiger partial charge is 0.330 e. The molecule has 0 aliphatic carbocycles. The molecule has 0 aliphatic heterocycles. The van der Waals surface area contributed by atoms with Crippen molar-refractivity contribution in [1.29, 1.82) is 0 Å². The molecule has 3 aromatic carbocycles. The van der Waals surface area contributed by atoms with E-state index in [1.165, 1.54) is 23.7 Å². The lowest BCUT2D eigenvalue weighted by Gasteiger charge is -2.24. The maximum atomic E-state index is 14.0. The van der Waals surface area contributed by atoms with Crippen LogP contribution < -0.4 is 26.6 Å². The second-order valence-corrected chi connectivity index (χ2v) is 12.0. The van der Waals surface area contributed by atoms with Gasteiger partial charge in [-0.2, -0.15) is 0 Å². The third kappa shape index (κ3) is 7.71. The molecule has 1 amide bonds. The maximum absolute atomic E-state index is 14.0. The molecule has 0 spiro atoms. The zero-order chi connectivity index (χ0) is 33.5. The molecule has 0 atom stereocenters. The van der Waals surface area contributed by atoms with Crippen LogP contribution in [0.4, 0.5) is 11.5 Å². The second-order valence-electron chi connectivity index (χ2n) is 10.2. The summed E-state index contributed by atoms with van der Waals surface area (Å²) < 4.78 is 13.8. The number of ether oxygens (including phenoxy) is 2. The predicted molar refractivity (Wildman–Crippen MR) is 184 cm³/mol. The molecule has 0 aliphatic rings. The number of nitrogens with one attached hydrogen (secondary N) is 1. The fourth-order valence-corrected chi connectivity index (χ4v) is 6.10. The summed E-state index contributed by atoms with van der Waals surface area (Å²) in [6.45, 7) is 0.526. The van der Waals surface area contributed by atoms with Crippen molar-refractivity contribution in [3.63, 3.8) is 0 Å². The Morgan fingerprint density at radius 2 is 1.77 bits per heavy atom. The minimum Gasteiger partial charge on any atom is -0.495 e. The highest BCUT2D eigenvalue weighted by atomic mass is 35.5. The topological polar surface area (TPSA) is 150 Å². The van der Waals surface area contributed by atoms with E-state index in [1.807, 2.05) is 36.4 Å². The lowest BCUT2D eigenvalue weighted by Crippen LogP contribution is -2.42. The number of hydrogen-bond donors (Lipinski definition) is 2. The lowest BCUT2D eigenvalue weighted by atomic mass is 10.2. The average Bonchev–Trinajstić information content (AvgIpc) is 3.49. The van der Waals surface area contributed by atoms with Crippen LogP contribution in [0.3, 0.4) is 0 Å². The fourth-order valence-electron chi connectivity index (χ4n) is 4.93. The van der Waals surface area contributed by atoms with Gasteiger partial charge in [-0.15, -0.1) is 10.2 Å². The number of carbonyl (C=O) groups is 1. The number of benzene rings is 3. The van der Waals surface area contributed by atoms with Gasteiger partial charge in [0.15, 0.2) is 16.7 Å². The van der Waals surface area contributed by atoms with E-state index >= 15 is 0 Å². The Labute approximate surface area is 284 Å². The summed E-state index contributed by atoms with van der Waals surface area (Å²) in [7, 11) is 3.07. The number of aromatic nitrogens is 5. The number of amides is 1. The highest BCUT2D eigenvalue weighted by Gasteiger charge is 2.26.